The maximum atomic E-state index is 6.40. The summed E-state index contributed by atoms with van der Waals surface area (Å²) in [5, 5.41) is 2.36. The summed E-state index contributed by atoms with van der Waals surface area (Å²) >= 11 is 0. The molecule has 0 amide bonds. The van der Waals surface area contributed by atoms with Crippen molar-refractivity contribution in [2.75, 3.05) is 4.90 Å². The highest BCUT2D eigenvalue weighted by Crippen LogP contribution is 2.48. The van der Waals surface area contributed by atoms with Gasteiger partial charge in [-0.25, -0.2) is 0 Å². The molecule has 2 nitrogen and oxygen atoms in total. The summed E-state index contributed by atoms with van der Waals surface area (Å²) in [5.74, 6) is 1.80. The average Bonchev–Trinajstić information content (AvgIpc) is 3.16. The summed E-state index contributed by atoms with van der Waals surface area (Å²) in [7, 11) is 0. The topological polar surface area (TPSA) is 12.5 Å². The molecular weight excluding hydrogens is 583 g/mol. The molecule has 0 aliphatic carbocycles. The predicted molar refractivity (Wildman–Crippen MR) is 200 cm³/mol. The summed E-state index contributed by atoms with van der Waals surface area (Å²) in [6.07, 6.45) is 0. The number of fused-ring (bicyclic) bond motifs is 2. The Bertz CT molecular complexity index is 2410. The van der Waals surface area contributed by atoms with Gasteiger partial charge in [0.2, 0.25) is 0 Å². The van der Waals surface area contributed by atoms with Gasteiger partial charge in [0, 0.05) is 27.9 Å². The van der Waals surface area contributed by atoms with E-state index in [4.69, 9.17) is 4.74 Å². The standard InChI is InChI=1S/C46H31NO/c1-3-12-32(13-4-1)33-24-26-34(27-25-33)40-20-7-8-22-43(40)47(38-17-5-2-6-18-38)39-19-9-16-36(30-39)37-28-29-44-42(31-37)41-21-10-14-35-15-11-23-45(48-44)46(35)41/h1-31H. The van der Waals surface area contributed by atoms with Gasteiger partial charge in [-0.3, -0.25) is 0 Å². The Kier molecular flexibility index (Phi) is 6.84. The Morgan fingerprint density at radius 3 is 1.75 bits per heavy atom. The van der Waals surface area contributed by atoms with E-state index in [1.165, 1.54) is 38.6 Å². The van der Waals surface area contributed by atoms with Crippen molar-refractivity contribution in [2.24, 2.45) is 0 Å². The molecule has 0 saturated carbocycles. The third kappa shape index (κ3) is 4.92. The number of anilines is 3. The molecule has 2 heteroatoms. The number of ether oxygens (including phenoxy) is 1. The molecule has 9 rings (SSSR count). The minimum Gasteiger partial charge on any atom is -0.456 e. The van der Waals surface area contributed by atoms with Crippen molar-refractivity contribution in [3.8, 4) is 56.0 Å². The van der Waals surface area contributed by atoms with Crippen LogP contribution >= 0.6 is 0 Å². The summed E-state index contributed by atoms with van der Waals surface area (Å²) in [6, 6.07) is 66.9. The third-order valence-electron chi connectivity index (χ3n) is 9.26. The minimum absolute atomic E-state index is 0.888. The lowest BCUT2D eigenvalue weighted by Crippen LogP contribution is -2.11. The van der Waals surface area contributed by atoms with E-state index in [-0.39, 0.29) is 0 Å². The molecule has 0 bridgehead atoms. The molecule has 8 aromatic carbocycles. The van der Waals surface area contributed by atoms with Crippen LogP contribution in [-0.2, 0) is 0 Å². The van der Waals surface area contributed by atoms with Gasteiger partial charge >= 0.3 is 0 Å². The highest BCUT2D eigenvalue weighted by molar-refractivity contribution is 6.04. The van der Waals surface area contributed by atoms with Crippen LogP contribution in [0.25, 0.3) is 55.3 Å². The van der Waals surface area contributed by atoms with E-state index in [2.05, 4.69) is 193 Å². The molecule has 8 aromatic rings. The van der Waals surface area contributed by atoms with Gasteiger partial charge < -0.3 is 9.64 Å². The predicted octanol–water partition coefficient (Wildman–Crippen LogP) is 13.1. The Morgan fingerprint density at radius 1 is 0.333 bits per heavy atom. The van der Waals surface area contributed by atoms with Gasteiger partial charge in [0.25, 0.3) is 0 Å². The molecule has 48 heavy (non-hydrogen) atoms. The van der Waals surface area contributed by atoms with Crippen molar-refractivity contribution < 1.29 is 4.74 Å². The fourth-order valence-corrected chi connectivity index (χ4v) is 6.96. The quantitative estimate of drug-likeness (QED) is 0.185. The number of benzene rings is 8. The lowest BCUT2D eigenvalue weighted by atomic mass is 9.92. The molecule has 0 atom stereocenters. The molecule has 1 aliphatic heterocycles. The first-order chi connectivity index (χ1) is 23.8. The molecule has 0 unspecified atom stereocenters. The van der Waals surface area contributed by atoms with Crippen LogP contribution in [0.5, 0.6) is 11.5 Å². The van der Waals surface area contributed by atoms with Gasteiger partial charge in [-0.2, -0.15) is 0 Å². The van der Waals surface area contributed by atoms with Gasteiger partial charge in [-0.1, -0.05) is 140 Å². The van der Waals surface area contributed by atoms with Crippen LogP contribution in [0.3, 0.4) is 0 Å². The van der Waals surface area contributed by atoms with Crippen molar-refractivity contribution in [1.29, 1.82) is 0 Å². The largest absolute Gasteiger partial charge is 0.456 e. The second kappa shape index (κ2) is 11.8. The fourth-order valence-electron chi connectivity index (χ4n) is 6.96. The van der Waals surface area contributed by atoms with Crippen molar-refractivity contribution in [1.82, 2.24) is 0 Å². The highest BCUT2D eigenvalue weighted by atomic mass is 16.5. The van der Waals surface area contributed by atoms with E-state index in [1.807, 2.05) is 0 Å². The molecule has 0 radical (unpaired) electrons. The number of hydrogen-bond acceptors (Lipinski definition) is 2. The number of para-hydroxylation sites is 2. The molecular formula is C46H31NO. The van der Waals surface area contributed by atoms with Gasteiger partial charge in [0.1, 0.15) is 11.5 Å². The van der Waals surface area contributed by atoms with Crippen LogP contribution in [0.4, 0.5) is 17.1 Å². The van der Waals surface area contributed by atoms with Crippen LogP contribution in [0.1, 0.15) is 0 Å². The smallest absolute Gasteiger partial charge is 0.135 e. The monoisotopic (exact) mass is 613 g/mol. The summed E-state index contributed by atoms with van der Waals surface area (Å²) < 4.78 is 6.40. The molecule has 0 N–H and O–H groups in total. The number of hydrogen-bond donors (Lipinski definition) is 0. The van der Waals surface area contributed by atoms with Crippen molar-refractivity contribution in [2.45, 2.75) is 0 Å². The molecule has 1 heterocycles. The van der Waals surface area contributed by atoms with E-state index >= 15 is 0 Å². The molecule has 0 fully saturated rings. The number of nitrogens with zero attached hydrogens (tertiary/aromatic N) is 1. The first kappa shape index (κ1) is 27.9. The van der Waals surface area contributed by atoms with Gasteiger partial charge in [0.05, 0.1) is 5.69 Å². The summed E-state index contributed by atoms with van der Waals surface area (Å²) in [4.78, 5) is 2.36. The van der Waals surface area contributed by atoms with Crippen LogP contribution in [0.2, 0.25) is 0 Å². The van der Waals surface area contributed by atoms with E-state index < -0.39 is 0 Å². The zero-order valence-electron chi connectivity index (χ0n) is 26.3. The lowest BCUT2D eigenvalue weighted by molar-refractivity contribution is 0.487. The Hall–Kier alpha value is -6.38. The second-order valence-corrected chi connectivity index (χ2v) is 12.2. The minimum atomic E-state index is 0.888. The lowest BCUT2D eigenvalue weighted by Gasteiger charge is -2.28. The first-order valence-electron chi connectivity index (χ1n) is 16.3. The van der Waals surface area contributed by atoms with Crippen LogP contribution < -0.4 is 9.64 Å². The van der Waals surface area contributed by atoms with Crippen LogP contribution in [0.15, 0.2) is 188 Å². The van der Waals surface area contributed by atoms with E-state index in [0.29, 0.717) is 0 Å². The van der Waals surface area contributed by atoms with Crippen molar-refractivity contribution in [3.63, 3.8) is 0 Å². The third-order valence-corrected chi connectivity index (χ3v) is 9.26. The van der Waals surface area contributed by atoms with Gasteiger partial charge in [0.15, 0.2) is 0 Å². The van der Waals surface area contributed by atoms with Crippen molar-refractivity contribution >= 4 is 27.8 Å². The molecule has 0 aromatic heterocycles. The average molecular weight is 614 g/mol. The van der Waals surface area contributed by atoms with Gasteiger partial charge in [-0.05, 0) is 87.3 Å². The van der Waals surface area contributed by atoms with E-state index in [1.54, 1.807) is 0 Å². The van der Waals surface area contributed by atoms with E-state index in [0.717, 1.165) is 45.3 Å². The molecule has 1 aliphatic rings. The van der Waals surface area contributed by atoms with Crippen LogP contribution in [-0.4, -0.2) is 0 Å². The normalized spacial score (nSPS) is 11.5. The molecule has 226 valence electrons. The highest BCUT2D eigenvalue weighted by Gasteiger charge is 2.21. The Morgan fingerprint density at radius 2 is 0.917 bits per heavy atom. The maximum absolute atomic E-state index is 6.40. The number of rotatable bonds is 6. The van der Waals surface area contributed by atoms with Gasteiger partial charge in [-0.15, -0.1) is 0 Å². The van der Waals surface area contributed by atoms with Crippen LogP contribution in [0, 0.1) is 0 Å². The van der Waals surface area contributed by atoms with Crippen molar-refractivity contribution in [3.05, 3.63) is 188 Å². The first-order valence-corrected chi connectivity index (χ1v) is 16.3. The zero-order valence-corrected chi connectivity index (χ0v) is 26.3. The SMILES string of the molecule is c1ccc(-c2ccc(-c3ccccc3N(c3ccccc3)c3cccc(-c4ccc5c(c4)-c4cccc6cccc(c46)O5)c3)cc2)cc1. The summed E-state index contributed by atoms with van der Waals surface area (Å²) in [6.45, 7) is 0. The second-order valence-electron chi connectivity index (χ2n) is 12.2. The molecule has 0 spiro atoms. The Labute approximate surface area is 280 Å². The Balaban J connectivity index is 1.14. The van der Waals surface area contributed by atoms with E-state index in [9.17, 15) is 0 Å². The summed E-state index contributed by atoms with van der Waals surface area (Å²) in [5.41, 5.74) is 12.7. The maximum Gasteiger partial charge on any atom is 0.135 e. The fraction of sp³-hybridized carbons (Fsp3) is 0. The zero-order chi connectivity index (χ0) is 31.9. The molecule has 0 saturated heterocycles.